The first-order chi connectivity index (χ1) is 8.30. The minimum atomic E-state index is -0.531. The Hall–Kier alpha value is -0.770. The normalized spacial score (nSPS) is 32.9. The van der Waals surface area contributed by atoms with E-state index in [1.54, 1.807) is 4.90 Å². The van der Waals surface area contributed by atoms with E-state index in [1.165, 1.54) is 0 Å². The van der Waals surface area contributed by atoms with Crippen LogP contribution in [-0.2, 0) is 4.74 Å². The summed E-state index contributed by atoms with van der Waals surface area (Å²) in [5, 5.41) is 10.5. The van der Waals surface area contributed by atoms with Gasteiger partial charge in [0, 0.05) is 19.0 Å². The quantitative estimate of drug-likeness (QED) is 0.723. The second kappa shape index (κ2) is 4.72. The number of likely N-dealkylation sites (tertiary alicyclic amines) is 1. The van der Waals surface area contributed by atoms with Crippen LogP contribution < -0.4 is 0 Å². The fourth-order valence-electron chi connectivity index (χ4n) is 3.06. The predicted octanol–water partition coefficient (Wildman–Crippen LogP) is 2.55. The highest BCUT2D eigenvalue weighted by molar-refractivity contribution is 5.68. The molecular weight excluding hydrogens is 230 g/mol. The molecule has 0 aromatic carbocycles. The van der Waals surface area contributed by atoms with Crippen LogP contribution in [0.3, 0.4) is 0 Å². The van der Waals surface area contributed by atoms with Gasteiger partial charge in [-0.1, -0.05) is 12.8 Å². The van der Waals surface area contributed by atoms with Crippen molar-refractivity contribution in [3.63, 3.8) is 0 Å². The molecule has 0 bridgehead atoms. The molecule has 0 aromatic heterocycles. The van der Waals surface area contributed by atoms with Crippen molar-refractivity contribution in [1.29, 1.82) is 0 Å². The summed E-state index contributed by atoms with van der Waals surface area (Å²) >= 11 is 0. The molecule has 2 atom stereocenters. The third-order valence-electron chi connectivity index (χ3n) is 4.08. The van der Waals surface area contributed by atoms with Gasteiger partial charge in [-0.15, -0.1) is 0 Å². The molecule has 18 heavy (non-hydrogen) atoms. The topological polar surface area (TPSA) is 49.8 Å². The maximum atomic E-state index is 12.0. The molecule has 0 unspecified atom stereocenters. The van der Waals surface area contributed by atoms with Gasteiger partial charge in [0.25, 0.3) is 0 Å². The summed E-state index contributed by atoms with van der Waals surface area (Å²) < 4.78 is 5.40. The standard InChI is InChI=1S/C14H25NO3/c1-13(2,3)18-12(16)15-9-8-14(17)7-5-4-6-11(14)10-15/h11,17H,4-10H2,1-3H3/t11-,14-/m0/s1. The van der Waals surface area contributed by atoms with Gasteiger partial charge >= 0.3 is 6.09 Å². The number of carbonyl (C=O) groups is 1. The number of aliphatic hydroxyl groups is 1. The minimum absolute atomic E-state index is 0.229. The Labute approximate surface area is 109 Å². The fraction of sp³-hybridized carbons (Fsp3) is 0.929. The van der Waals surface area contributed by atoms with Gasteiger partial charge in [0.15, 0.2) is 0 Å². The summed E-state index contributed by atoms with van der Waals surface area (Å²) in [6, 6.07) is 0. The molecule has 1 heterocycles. The first kappa shape index (κ1) is 13.7. The van der Waals surface area contributed by atoms with Crippen molar-refractivity contribution in [1.82, 2.24) is 4.90 Å². The number of carbonyl (C=O) groups excluding carboxylic acids is 1. The molecule has 4 heteroatoms. The van der Waals surface area contributed by atoms with E-state index in [1.807, 2.05) is 20.8 Å². The van der Waals surface area contributed by atoms with Crippen molar-refractivity contribution >= 4 is 6.09 Å². The van der Waals surface area contributed by atoms with Crippen LogP contribution in [-0.4, -0.2) is 40.4 Å². The second-order valence-electron chi connectivity index (χ2n) is 6.72. The molecule has 1 saturated carbocycles. The van der Waals surface area contributed by atoms with E-state index >= 15 is 0 Å². The number of nitrogens with zero attached hydrogens (tertiary/aromatic N) is 1. The third-order valence-corrected chi connectivity index (χ3v) is 4.08. The molecule has 0 spiro atoms. The largest absolute Gasteiger partial charge is 0.444 e. The lowest BCUT2D eigenvalue weighted by atomic mass is 9.71. The van der Waals surface area contributed by atoms with Crippen LogP contribution in [0.25, 0.3) is 0 Å². The number of hydrogen-bond donors (Lipinski definition) is 1. The Kier molecular flexibility index (Phi) is 3.58. The molecule has 104 valence electrons. The van der Waals surface area contributed by atoms with Gasteiger partial charge in [-0.05, 0) is 40.0 Å². The monoisotopic (exact) mass is 255 g/mol. The van der Waals surface area contributed by atoms with E-state index in [-0.39, 0.29) is 12.0 Å². The number of amides is 1. The lowest BCUT2D eigenvalue weighted by Gasteiger charge is -2.47. The molecule has 0 aromatic rings. The average molecular weight is 255 g/mol. The van der Waals surface area contributed by atoms with Gasteiger partial charge in [0.05, 0.1) is 5.60 Å². The Morgan fingerprint density at radius 1 is 1.33 bits per heavy atom. The number of piperidine rings is 1. The van der Waals surface area contributed by atoms with Crippen LogP contribution >= 0.6 is 0 Å². The van der Waals surface area contributed by atoms with Gasteiger partial charge in [-0.25, -0.2) is 4.79 Å². The average Bonchev–Trinajstić information content (AvgIpc) is 2.25. The highest BCUT2D eigenvalue weighted by Gasteiger charge is 2.44. The van der Waals surface area contributed by atoms with E-state index < -0.39 is 11.2 Å². The van der Waals surface area contributed by atoms with E-state index in [2.05, 4.69) is 0 Å². The number of fused-ring (bicyclic) bond motifs is 1. The molecule has 2 rings (SSSR count). The second-order valence-corrected chi connectivity index (χ2v) is 6.72. The molecule has 2 fully saturated rings. The van der Waals surface area contributed by atoms with Crippen molar-refractivity contribution in [2.45, 2.75) is 64.1 Å². The van der Waals surface area contributed by atoms with Crippen molar-refractivity contribution in [3.8, 4) is 0 Å². The molecular formula is C14H25NO3. The fourth-order valence-corrected chi connectivity index (χ4v) is 3.06. The summed E-state index contributed by atoms with van der Waals surface area (Å²) in [5.74, 6) is 0.229. The highest BCUT2D eigenvalue weighted by Crippen LogP contribution is 2.39. The first-order valence-electron chi connectivity index (χ1n) is 7.00. The van der Waals surface area contributed by atoms with E-state index in [9.17, 15) is 9.90 Å². The summed E-state index contributed by atoms with van der Waals surface area (Å²) in [4.78, 5) is 13.8. The van der Waals surface area contributed by atoms with Gasteiger partial charge in [0.2, 0.25) is 0 Å². The van der Waals surface area contributed by atoms with Crippen LogP contribution in [0.1, 0.15) is 52.9 Å². The maximum Gasteiger partial charge on any atom is 0.410 e. The van der Waals surface area contributed by atoms with E-state index in [4.69, 9.17) is 4.74 Å². The summed E-state index contributed by atoms with van der Waals surface area (Å²) in [6.07, 6.45) is 4.64. The molecule has 0 radical (unpaired) electrons. The van der Waals surface area contributed by atoms with Gasteiger partial charge in [0.1, 0.15) is 5.60 Å². The van der Waals surface area contributed by atoms with Crippen LogP contribution in [0.4, 0.5) is 4.79 Å². The summed E-state index contributed by atoms with van der Waals surface area (Å²) in [7, 11) is 0. The summed E-state index contributed by atoms with van der Waals surface area (Å²) in [6.45, 7) is 6.90. The van der Waals surface area contributed by atoms with Gasteiger partial charge < -0.3 is 14.7 Å². The predicted molar refractivity (Wildman–Crippen MR) is 69.3 cm³/mol. The lowest BCUT2D eigenvalue weighted by molar-refractivity contribution is -0.0952. The molecule has 1 amide bonds. The third kappa shape index (κ3) is 2.97. The molecule has 4 nitrogen and oxygen atoms in total. The number of ether oxygens (including phenoxy) is 1. The van der Waals surface area contributed by atoms with Crippen LogP contribution in [0.2, 0.25) is 0 Å². The Bertz CT molecular complexity index is 323. The van der Waals surface area contributed by atoms with Crippen molar-refractivity contribution in [2.24, 2.45) is 5.92 Å². The van der Waals surface area contributed by atoms with Crippen molar-refractivity contribution < 1.29 is 14.6 Å². The lowest BCUT2D eigenvalue weighted by Crippen LogP contribution is -2.55. The molecule has 2 aliphatic rings. The Morgan fingerprint density at radius 3 is 2.72 bits per heavy atom. The van der Waals surface area contributed by atoms with Crippen LogP contribution in [0.5, 0.6) is 0 Å². The molecule has 1 aliphatic carbocycles. The first-order valence-corrected chi connectivity index (χ1v) is 7.00. The van der Waals surface area contributed by atoms with Crippen molar-refractivity contribution in [2.75, 3.05) is 13.1 Å². The molecule has 1 aliphatic heterocycles. The minimum Gasteiger partial charge on any atom is -0.444 e. The zero-order chi connectivity index (χ0) is 13.4. The Balaban J connectivity index is 1.96. The van der Waals surface area contributed by atoms with Crippen LogP contribution in [0, 0.1) is 5.92 Å². The maximum absolute atomic E-state index is 12.0. The van der Waals surface area contributed by atoms with Crippen molar-refractivity contribution in [3.05, 3.63) is 0 Å². The summed E-state index contributed by atoms with van der Waals surface area (Å²) in [5.41, 5.74) is -0.978. The molecule has 1 N–H and O–H groups in total. The smallest absolute Gasteiger partial charge is 0.410 e. The SMILES string of the molecule is CC(C)(C)OC(=O)N1CC[C@@]2(O)CCCC[C@H]2C1. The Morgan fingerprint density at radius 2 is 2.06 bits per heavy atom. The number of hydrogen-bond acceptors (Lipinski definition) is 3. The van der Waals surface area contributed by atoms with E-state index in [0.29, 0.717) is 19.5 Å². The van der Waals surface area contributed by atoms with Crippen LogP contribution in [0.15, 0.2) is 0 Å². The van der Waals surface area contributed by atoms with E-state index in [0.717, 1.165) is 25.7 Å². The number of rotatable bonds is 0. The van der Waals surface area contributed by atoms with Gasteiger partial charge in [-0.2, -0.15) is 0 Å². The zero-order valence-corrected chi connectivity index (χ0v) is 11.7. The molecule has 1 saturated heterocycles. The highest BCUT2D eigenvalue weighted by atomic mass is 16.6. The van der Waals surface area contributed by atoms with Gasteiger partial charge in [-0.3, -0.25) is 0 Å². The zero-order valence-electron chi connectivity index (χ0n) is 11.7.